The summed E-state index contributed by atoms with van der Waals surface area (Å²) < 4.78 is 40.4. The third-order valence-electron chi connectivity index (χ3n) is 5.87. The first kappa shape index (κ1) is 25.9. The van der Waals surface area contributed by atoms with Gasteiger partial charge in [-0.25, -0.2) is 9.97 Å². The second-order valence-corrected chi connectivity index (χ2v) is 8.67. The van der Waals surface area contributed by atoms with E-state index in [0.29, 0.717) is 22.5 Å². The number of hydrogen-bond donors (Lipinski definition) is 2. The normalized spacial score (nSPS) is 11.6. The molecule has 192 valence electrons. The number of halogens is 3. The fourth-order valence-corrected chi connectivity index (χ4v) is 4.00. The van der Waals surface area contributed by atoms with E-state index in [-0.39, 0.29) is 30.9 Å². The molecule has 2 aromatic heterocycles. The van der Waals surface area contributed by atoms with Crippen molar-refractivity contribution < 1.29 is 18.0 Å². The van der Waals surface area contributed by atoms with Crippen LogP contribution in [0.5, 0.6) is 0 Å². The maximum Gasteiger partial charge on any atom is 0.416 e. The fraction of sp³-hybridized carbons (Fsp3) is 0.259. The molecule has 3 N–H and O–H groups in total. The summed E-state index contributed by atoms with van der Waals surface area (Å²) in [5, 5.41) is 2.99. The molecule has 0 aliphatic carbocycles. The number of aryl methyl sites for hydroxylation is 2. The number of rotatable bonds is 9. The predicted molar refractivity (Wildman–Crippen MR) is 136 cm³/mol. The van der Waals surface area contributed by atoms with Crippen molar-refractivity contribution in [3.05, 3.63) is 87.7 Å². The number of amides is 1. The Bertz CT molecular complexity index is 1480. The number of aromatic nitrogens is 3. The third kappa shape index (κ3) is 6.14. The molecule has 0 spiro atoms. The number of benzene rings is 2. The van der Waals surface area contributed by atoms with Gasteiger partial charge in [0.15, 0.2) is 5.65 Å². The van der Waals surface area contributed by atoms with E-state index in [1.165, 1.54) is 10.6 Å². The highest BCUT2D eigenvalue weighted by Gasteiger charge is 2.30. The van der Waals surface area contributed by atoms with E-state index in [1.54, 1.807) is 18.2 Å². The molecule has 4 rings (SSSR count). The standard InChI is InChI=1S/C27H26F3N5O2/c1-2-4-17-7-9-19(10-8-17)24-26(37)35(14-13-22(31)36)25-21(33-24)11-12-23(34-25)32-16-18-5-3-6-20(15-18)27(28,29)30/h3,5-12,15H,2,4,13-14,16H2,1H3,(H2,31,36)(H,32,34). The number of alkyl halides is 3. The summed E-state index contributed by atoms with van der Waals surface area (Å²) in [5.41, 5.74) is 7.29. The van der Waals surface area contributed by atoms with Gasteiger partial charge in [0, 0.05) is 25.1 Å². The minimum absolute atomic E-state index is 0.0121. The molecule has 0 bridgehead atoms. The van der Waals surface area contributed by atoms with Crippen LogP contribution in [0.2, 0.25) is 0 Å². The van der Waals surface area contributed by atoms with Crippen LogP contribution < -0.4 is 16.6 Å². The van der Waals surface area contributed by atoms with Gasteiger partial charge in [-0.2, -0.15) is 13.2 Å². The number of fused-ring (bicyclic) bond motifs is 1. The van der Waals surface area contributed by atoms with Gasteiger partial charge in [-0.15, -0.1) is 0 Å². The number of nitrogens with two attached hydrogens (primary N) is 1. The van der Waals surface area contributed by atoms with Gasteiger partial charge >= 0.3 is 6.18 Å². The quantitative estimate of drug-likeness (QED) is 0.334. The van der Waals surface area contributed by atoms with Crippen LogP contribution in [0.25, 0.3) is 22.4 Å². The summed E-state index contributed by atoms with van der Waals surface area (Å²) in [4.78, 5) is 33.9. The van der Waals surface area contributed by atoms with Crippen LogP contribution in [0.3, 0.4) is 0 Å². The number of nitrogens with one attached hydrogen (secondary N) is 1. The first-order valence-electron chi connectivity index (χ1n) is 11.8. The number of pyridine rings is 1. The molecule has 7 nitrogen and oxygen atoms in total. The van der Waals surface area contributed by atoms with E-state index in [1.807, 2.05) is 24.3 Å². The minimum atomic E-state index is -4.44. The number of carbonyl (C=O) groups excluding carboxylic acids is 1. The van der Waals surface area contributed by atoms with E-state index in [0.717, 1.165) is 30.5 Å². The Balaban J connectivity index is 1.69. The van der Waals surface area contributed by atoms with Crippen molar-refractivity contribution in [2.75, 3.05) is 5.32 Å². The van der Waals surface area contributed by atoms with Crippen molar-refractivity contribution in [1.29, 1.82) is 0 Å². The molecule has 4 aromatic rings. The van der Waals surface area contributed by atoms with Crippen molar-refractivity contribution in [1.82, 2.24) is 14.5 Å². The molecule has 37 heavy (non-hydrogen) atoms. The van der Waals surface area contributed by atoms with Crippen LogP contribution >= 0.6 is 0 Å². The van der Waals surface area contributed by atoms with E-state index < -0.39 is 23.2 Å². The van der Waals surface area contributed by atoms with Crippen molar-refractivity contribution in [2.24, 2.45) is 5.73 Å². The Kier molecular flexibility index (Phi) is 7.56. The van der Waals surface area contributed by atoms with Crippen molar-refractivity contribution in [2.45, 2.75) is 45.5 Å². The van der Waals surface area contributed by atoms with Crippen LogP contribution in [-0.2, 0) is 30.5 Å². The Morgan fingerprint density at radius 3 is 2.46 bits per heavy atom. The molecule has 0 aliphatic rings. The summed E-state index contributed by atoms with van der Waals surface area (Å²) >= 11 is 0. The minimum Gasteiger partial charge on any atom is -0.370 e. The number of carbonyl (C=O) groups is 1. The summed E-state index contributed by atoms with van der Waals surface area (Å²) in [6, 6.07) is 15.9. The maximum atomic E-state index is 13.4. The van der Waals surface area contributed by atoms with E-state index in [9.17, 15) is 22.8 Å². The van der Waals surface area contributed by atoms with Crippen molar-refractivity contribution in [3.63, 3.8) is 0 Å². The third-order valence-corrected chi connectivity index (χ3v) is 5.87. The first-order chi connectivity index (χ1) is 17.7. The maximum absolute atomic E-state index is 13.4. The molecule has 10 heteroatoms. The summed E-state index contributed by atoms with van der Waals surface area (Å²) in [7, 11) is 0. The highest BCUT2D eigenvalue weighted by molar-refractivity contribution is 5.77. The van der Waals surface area contributed by atoms with Crippen LogP contribution in [0, 0.1) is 0 Å². The SMILES string of the molecule is CCCc1ccc(-c2nc3ccc(NCc4cccc(C(F)(F)F)c4)nc3n(CCC(N)=O)c2=O)cc1. The Labute approximate surface area is 211 Å². The average Bonchev–Trinajstić information content (AvgIpc) is 2.87. The lowest BCUT2D eigenvalue weighted by atomic mass is 10.1. The Morgan fingerprint density at radius 2 is 1.78 bits per heavy atom. The van der Waals surface area contributed by atoms with Gasteiger partial charge < -0.3 is 11.1 Å². The lowest BCUT2D eigenvalue weighted by Gasteiger charge is -2.14. The van der Waals surface area contributed by atoms with Gasteiger partial charge in [0.1, 0.15) is 17.0 Å². The van der Waals surface area contributed by atoms with E-state index >= 15 is 0 Å². The predicted octanol–water partition coefficient (Wildman–Crippen LogP) is 4.92. The highest BCUT2D eigenvalue weighted by atomic mass is 19.4. The zero-order valence-electron chi connectivity index (χ0n) is 20.2. The molecule has 0 aliphatic heterocycles. The lowest BCUT2D eigenvalue weighted by molar-refractivity contribution is -0.137. The first-order valence-corrected chi connectivity index (χ1v) is 11.8. The number of primary amides is 1. The van der Waals surface area contributed by atoms with Crippen LogP contribution in [0.4, 0.5) is 19.0 Å². The average molecular weight is 510 g/mol. The van der Waals surface area contributed by atoms with Gasteiger partial charge in [-0.3, -0.25) is 14.2 Å². The van der Waals surface area contributed by atoms with Crippen LogP contribution in [-0.4, -0.2) is 20.4 Å². The smallest absolute Gasteiger partial charge is 0.370 e. The topological polar surface area (TPSA) is 103 Å². The van der Waals surface area contributed by atoms with Gasteiger partial charge in [0.05, 0.1) is 5.56 Å². The molecular weight excluding hydrogens is 483 g/mol. The molecule has 0 fully saturated rings. The largest absolute Gasteiger partial charge is 0.416 e. The van der Waals surface area contributed by atoms with Gasteiger partial charge in [-0.05, 0) is 41.8 Å². The fourth-order valence-electron chi connectivity index (χ4n) is 4.00. The molecule has 2 aromatic carbocycles. The lowest BCUT2D eigenvalue weighted by Crippen LogP contribution is -2.27. The second kappa shape index (κ2) is 10.8. The van der Waals surface area contributed by atoms with Gasteiger partial charge in [0.2, 0.25) is 5.91 Å². The van der Waals surface area contributed by atoms with Crippen molar-refractivity contribution >= 4 is 22.9 Å². The van der Waals surface area contributed by atoms with Gasteiger partial charge in [0.25, 0.3) is 5.56 Å². The molecule has 0 radical (unpaired) electrons. The molecule has 0 atom stereocenters. The molecule has 2 heterocycles. The summed E-state index contributed by atoms with van der Waals surface area (Å²) in [5.74, 6) is -0.225. The molecular formula is C27H26F3N5O2. The van der Waals surface area contributed by atoms with Crippen LogP contribution in [0.15, 0.2) is 65.5 Å². The Hall–Kier alpha value is -4.21. The zero-order chi connectivity index (χ0) is 26.6. The second-order valence-electron chi connectivity index (χ2n) is 8.67. The molecule has 0 saturated carbocycles. The summed E-state index contributed by atoms with van der Waals surface area (Å²) in [6.07, 6.45) is -2.58. The molecule has 0 saturated heterocycles. The highest BCUT2D eigenvalue weighted by Crippen LogP contribution is 2.29. The van der Waals surface area contributed by atoms with Gasteiger partial charge in [-0.1, -0.05) is 49.7 Å². The summed E-state index contributed by atoms with van der Waals surface area (Å²) in [6.45, 7) is 2.19. The van der Waals surface area contributed by atoms with Crippen molar-refractivity contribution in [3.8, 4) is 11.3 Å². The molecule has 0 unspecified atom stereocenters. The number of anilines is 1. The Morgan fingerprint density at radius 1 is 1.03 bits per heavy atom. The zero-order valence-corrected chi connectivity index (χ0v) is 20.2. The number of nitrogens with zero attached hydrogens (tertiary/aromatic N) is 3. The van der Waals surface area contributed by atoms with Crippen LogP contribution in [0.1, 0.15) is 36.5 Å². The monoisotopic (exact) mass is 509 g/mol. The van der Waals surface area contributed by atoms with E-state index in [4.69, 9.17) is 5.73 Å². The van der Waals surface area contributed by atoms with E-state index in [2.05, 4.69) is 22.2 Å². The number of hydrogen-bond acceptors (Lipinski definition) is 5. The molecule has 1 amide bonds.